The van der Waals surface area contributed by atoms with Crippen molar-refractivity contribution in [1.29, 1.82) is 0 Å². The van der Waals surface area contributed by atoms with E-state index in [1.807, 2.05) is 45.1 Å². The largest absolute Gasteiger partial charge is 0.241 e. The van der Waals surface area contributed by atoms with E-state index in [4.69, 9.17) is 0 Å². The van der Waals surface area contributed by atoms with Gasteiger partial charge in [0, 0.05) is 5.54 Å². The fourth-order valence-corrected chi connectivity index (χ4v) is 3.28. The van der Waals surface area contributed by atoms with Crippen molar-refractivity contribution in [1.82, 2.24) is 4.72 Å². The fourth-order valence-electron chi connectivity index (χ4n) is 1.66. The van der Waals surface area contributed by atoms with Crippen molar-refractivity contribution < 1.29 is 8.42 Å². The number of rotatable bonds is 3. The smallest absolute Gasteiger partial charge is 0.207 e. The van der Waals surface area contributed by atoms with Gasteiger partial charge in [-0.15, -0.1) is 0 Å². The first-order chi connectivity index (χ1) is 8.91. The first kappa shape index (κ1) is 16.9. The quantitative estimate of drug-likeness (QED) is 0.921. The Kier molecular flexibility index (Phi) is 4.82. The van der Waals surface area contributed by atoms with Gasteiger partial charge in [-0.3, -0.25) is 0 Å². The van der Waals surface area contributed by atoms with Gasteiger partial charge in [0.1, 0.15) is 0 Å². The molecule has 112 valence electrons. The molecule has 0 aliphatic heterocycles. The van der Waals surface area contributed by atoms with E-state index in [1.165, 1.54) is 0 Å². The molecule has 0 radical (unpaired) electrons. The molecule has 0 saturated heterocycles. The van der Waals surface area contributed by atoms with Crippen LogP contribution in [0.2, 0.25) is 0 Å². The normalized spacial score (nSPS) is 13.9. The maximum atomic E-state index is 12.4. The van der Waals surface area contributed by atoms with Crippen LogP contribution in [-0.2, 0) is 10.0 Å². The standard InChI is InChI=1S/C16H25NO2S/c1-15(2,3)12-11-13-9-7-8-10-14(13)20(18,19)17-16(4,5)6/h7-12,17H,1-6H3/b12-11+. The van der Waals surface area contributed by atoms with Crippen LogP contribution in [-0.4, -0.2) is 14.0 Å². The molecule has 1 aromatic rings. The second-order valence-corrected chi connectivity index (χ2v) is 8.74. The van der Waals surface area contributed by atoms with Crippen LogP contribution in [0.3, 0.4) is 0 Å². The highest BCUT2D eigenvalue weighted by Crippen LogP contribution is 2.22. The van der Waals surface area contributed by atoms with Crippen LogP contribution in [0.5, 0.6) is 0 Å². The Morgan fingerprint density at radius 3 is 2.05 bits per heavy atom. The van der Waals surface area contributed by atoms with Gasteiger partial charge in [-0.25, -0.2) is 13.1 Å². The lowest BCUT2D eigenvalue weighted by molar-refractivity contribution is 0.491. The van der Waals surface area contributed by atoms with Crippen LogP contribution in [0.15, 0.2) is 35.2 Å². The van der Waals surface area contributed by atoms with E-state index < -0.39 is 15.6 Å². The maximum Gasteiger partial charge on any atom is 0.241 e. The summed E-state index contributed by atoms with van der Waals surface area (Å²) in [7, 11) is -3.52. The zero-order valence-electron chi connectivity index (χ0n) is 13.2. The molecule has 0 aliphatic rings. The highest BCUT2D eigenvalue weighted by atomic mass is 32.2. The number of benzene rings is 1. The monoisotopic (exact) mass is 295 g/mol. The third kappa shape index (κ3) is 5.47. The van der Waals surface area contributed by atoms with Crippen molar-refractivity contribution >= 4 is 16.1 Å². The van der Waals surface area contributed by atoms with Crippen LogP contribution in [0, 0.1) is 5.41 Å². The Morgan fingerprint density at radius 1 is 1.00 bits per heavy atom. The van der Waals surface area contributed by atoms with Crippen LogP contribution in [0.25, 0.3) is 6.08 Å². The summed E-state index contributed by atoms with van der Waals surface area (Å²) < 4.78 is 27.6. The first-order valence-corrected chi connectivity index (χ1v) is 8.21. The number of hydrogen-bond acceptors (Lipinski definition) is 2. The Morgan fingerprint density at radius 2 is 1.55 bits per heavy atom. The molecule has 0 bridgehead atoms. The van der Waals surface area contributed by atoms with E-state index in [2.05, 4.69) is 25.5 Å². The summed E-state index contributed by atoms with van der Waals surface area (Å²) in [6, 6.07) is 7.04. The molecule has 1 aromatic carbocycles. The van der Waals surface area contributed by atoms with Crippen molar-refractivity contribution in [2.45, 2.75) is 52.0 Å². The minimum absolute atomic E-state index is 0.00826. The molecule has 0 heterocycles. The van der Waals surface area contributed by atoms with Gasteiger partial charge in [0.15, 0.2) is 0 Å². The van der Waals surface area contributed by atoms with Gasteiger partial charge in [-0.2, -0.15) is 0 Å². The molecule has 0 saturated carbocycles. The lowest BCUT2D eigenvalue weighted by atomic mass is 9.95. The molecule has 0 unspecified atom stereocenters. The Bertz CT molecular complexity index is 588. The van der Waals surface area contributed by atoms with Crippen LogP contribution >= 0.6 is 0 Å². The molecule has 0 aliphatic carbocycles. The van der Waals surface area contributed by atoms with Gasteiger partial charge in [0.2, 0.25) is 10.0 Å². The topological polar surface area (TPSA) is 46.2 Å². The summed E-state index contributed by atoms with van der Waals surface area (Å²) in [5, 5.41) is 0. The molecule has 4 heteroatoms. The third-order valence-electron chi connectivity index (χ3n) is 2.41. The van der Waals surface area contributed by atoms with Crippen LogP contribution < -0.4 is 4.72 Å². The van der Waals surface area contributed by atoms with Gasteiger partial charge >= 0.3 is 0 Å². The molecule has 0 spiro atoms. The molecular formula is C16H25NO2S. The fraction of sp³-hybridized carbons (Fsp3) is 0.500. The molecule has 0 aromatic heterocycles. The summed E-state index contributed by atoms with van der Waals surface area (Å²) >= 11 is 0. The predicted octanol–water partition coefficient (Wildman–Crippen LogP) is 3.82. The van der Waals surface area contributed by atoms with Gasteiger partial charge in [-0.05, 0) is 37.8 Å². The minimum Gasteiger partial charge on any atom is -0.207 e. The lowest BCUT2D eigenvalue weighted by Gasteiger charge is -2.21. The zero-order valence-corrected chi connectivity index (χ0v) is 14.0. The molecule has 3 nitrogen and oxygen atoms in total. The average Bonchev–Trinajstić information content (AvgIpc) is 2.22. The second-order valence-electron chi connectivity index (χ2n) is 7.09. The minimum atomic E-state index is -3.52. The van der Waals surface area contributed by atoms with E-state index >= 15 is 0 Å². The molecule has 0 fully saturated rings. The molecule has 20 heavy (non-hydrogen) atoms. The van der Waals surface area contributed by atoms with E-state index in [0.717, 1.165) is 0 Å². The molecular weight excluding hydrogens is 270 g/mol. The van der Waals surface area contributed by atoms with Gasteiger partial charge < -0.3 is 0 Å². The molecule has 0 atom stereocenters. The number of nitrogens with one attached hydrogen (secondary N) is 1. The molecule has 1 N–H and O–H groups in total. The Labute approximate surface area is 123 Å². The first-order valence-electron chi connectivity index (χ1n) is 6.73. The second kappa shape index (κ2) is 5.70. The summed E-state index contributed by atoms with van der Waals surface area (Å²) in [6.07, 6.45) is 3.88. The van der Waals surface area contributed by atoms with Crippen molar-refractivity contribution in [3.63, 3.8) is 0 Å². The summed E-state index contributed by atoms with van der Waals surface area (Å²) in [5.41, 5.74) is 0.216. The zero-order chi connectivity index (χ0) is 15.6. The number of hydrogen-bond donors (Lipinski definition) is 1. The van der Waals surface area contributed by atoms with Crippen LogP contribution in [0.1, 0.15) is 47.1 Å². The SMILES string of the molecule is CC(C)(C)/C=C/c1ccccc1S(=O)(=O)NC(C)(C)C. The van der Waals surface area contributed by atoms with E-state index in [0.29, 0.717) is 10.5 Å². The molecule has 1 rings (SSSR count). The van der Waals surface area contributed by atoms with E-state index in [1.54, 1.807) is 12.1 Å². The highest BCUT2D eigenvalue weighted by molar-refractivity contribution is 7.89. The summed E-state index contributed by atoms with van der Waals surface area (Å²) in [5.74, 6) is 0. The number of sulfonamides is 1. The maximum absolute atomic E-state index is 12.4. The van der Waals surface area contributed by atoms with Gasteiger partial charge in [0.05, 0.1) is 4.90 Å². The van der Waals surface area contributed by atoms with Crippen molar-refractivity contribution in [2.24, 2.45) is 5.41 Å². The summed E-state index contributed by atoms with van der Waals surface area (Å²) in [4.78, 5) is 0.315. The average molecular weight is 295 g/mol. The molecule has 0 amide bonds. The van der Waals surface area contributed by atoms with Crippen molar-refractivity contribution in [3.8, 4) is 0 Å². The number of allylic oxidation sites excluding steroid dienone is 1. The Balaban J connectivity index is 3.24. The van der Waals surface area contributed by atoms with E-state index in [9.17, 15) is 8.42 Å². The van der Waals surface area contributed by atoms with Crippen molar-refractivity contribution in [3.05, 3.63) is 35.9 Å². The predicted molar refractivity (Wildman–Crippen MR) is 85.0 cm³/mol. The Hall–Kier alpha value is -1.13. The van der Waals surface area contributed by atoms with E-state index in [-0.39, 0.29) is 5.41 Å². The lowest BCUT2D eigenvalue weighted by Crippen LogP contribution is -2.40. The summed E-state index contributed by atoms with van der Waals surface area (Å²) in [6.45, 7) is 11.7. The highest BCUT2D eigenvalue weighted by Gasteiger charge is 2.23. The van der Waals surface area contributed by atoms with Gasteiger partial charge in [0.25, 0.3) is 0 Å². The van der Waals surface area contributed by atoms with Crippen LogP contribution in [0.4, 0.5) is 0 Å². The van der Waals surface area contributed by atoms with Gasteiger partial charge in [-0.1, -0.05) is 51.1 Å². The van der Waals surface area contributed by atoms with Crippen molar-refractivity contribution in [2.75, 3.05) is 0 Å². The third-order valence-corrected chi connectivity index (χ3v) is 4.24.